The summed E-state index contributed by atoms with van der Waals surface area (Å²) in [5, 5.41) is 0. The lowest BCUT2D eigenvalue weighted by molar-refractivity contribution is -0.0596. The number of nitrogens with zero attached hydrogens (tertiary/aromatic N) is 4. The summed E-state index contributed by atoms with van der Waals surface area (Å²) in [6, 6.07) is -0.975. The number of rotatable bonds is 0. The molecule has 2 heterocycles. The van der Waals surface area contributed by atoms with E-state index in [1.807, 2.05) is 0 Å². The number of alkyl halides is 3. The van der Waals surface area contributed by atoms with Crippen molar-refractivity contribution in [2.45, 2.75) is 12.2 Å². The molecular weight excluding hydrogens is 199 g/mol. The van der Waals surface area contributed by atoms with Crippen LogP contribution >= 0.6 is 0 Å². The molecular formula is C6H4F3N5. The molecule has 0 bridgehead atoms. The van der Waals surface area contributed by atoms with Gasteiger partial charge < -0.3 is 5.73 Å². The van der Waals surface area contributed by atoms with Crippen LogP contribution in [0.15, 0.2) is 20.0 Å². The summed E-state index contributed by atoms with van der Waals surface area (Å²) in [6.07, 6.45) is -3.51. The summed E-state index contributed by atoms with van der Waals surface area (Å²) in [4.78, 5) is 13.6. The fourth-order valence-corrected chi connectivity index (χ4v) is 1.04. The van der Waals surface area contributed by atoms with Crippen LogP contribution in [0, 0.1) is 0 Å². The predicted molar refractivity (Wildman–Crippen MR) is 44.8 cm³/mol. The Hall–Kier alpha value is -1.73. The van der Waals surface area contributed by atoms with Gasteiger partial charge in [0.1, 0.15) is 12.2 Å². The van der Waals surface area contributed by atoms with Crippen molar-refractivity contribution in [2.24, 2.45) is 25.7 Å². The molecule has 0 amide bonds. The Bertz CT molecular complexity index is 389. The van der Waals surface area contributed by atoms with Crippen molar-refractivity contribution in [1.29, 1.82) is 0 Å². The molecule has 0 saturated heterocycles. The predicted octanol–water partition coefficient (Wildman–Crippen LogP) is 0.127. The molecule has 74 valence electrons. The Morgan fingerprint density at radius 2 is 2.07 bits per heavy atom. The van der Waals surface area contributed by atoms with Crippen molar-refractivity contribution in [3.63, 3.8) is 0 Å². The third-order valence-corrected chi connectivity index (χ3v) is 1.65. The van der Waals surface area contributed by atoms with Crippen molar-refractivity contribution >= 4 is 23.8 Å². The lowest BCUT2D eigenvalue weighted by Crippen LogP contribution is -2.34. The fourth-order valence-electron chi connectivity index (χ4n) is 1.04. The molecule has 14 heavy (non-hydrogen) atoms. The molecule has 2 aliphatic rings. The molecule has 0 fully saturated rings. The molecule has 0 spiro atoms. The van der Waals surface area contributed by atoms with E-state index in [4.69, 9.17) is 5.73 Å². The molecule has 0 aromatic carbocycles. The Morgan fingerprint density at radius 1 is 1.36 bits per heavy atom. The molecule has 8 heteroatoms. The van der Waals surface area contributed by atoms with Gasteiger partial charge in [0.15, 0.2) is 11.9 Å². The molecule has 0 aliphatic carbocycles. The van der Waals surface area contributed by atoms with Crippen LogP contribution in [0.4, 0.5) is 13.2 Å². The average Bonchev–Trinajstić information content (AvgIpc) is 2.48. The number of hydrogen-bond acceptors (Lipinski definition) is 5. The Morgan fingerprint density at radius 3 is 2.64 bits per heavy atom. The van der Waals surface area contributed by atoms with Gasteiger partial charge in [0.05, 0.1) is 0 Å². The van der Waals surface area contributed by atoms with Crippen molar-refractivity contribution in [1.82, 2.24) is 0 Å². The summed E-state index contributed by atoms with van der Waals surface area (Å²) < 4.78 is 36.5. The lowest BCUT2D eigenvalue weighted by atomic mass is 10.2. The number of halogens is 3. The van der Waals surface area contributed by atoms with E-state index in [1.165, 1.54) is 0 Å². The molecule has 0 aromatic rings. The van der Waals surface area contributed by atoms with Crippen molar-refractivity contribution in [3.8, 4) is 0 Å². The highest BCUT2D eigenvalue weighted by Crippen LogP contribution is 2.23. The van der Waals surface area contributed by atoms with Gasteiger partial charge >= 0.3 is 6.18 Å². The summed E-state index contributed by atoms with van der Waals surface area (Å²) in [5.41, 5.74) is 5.33. The van der Waals surface area contributed by atoms with Gasteiger partial charge in [0.25, 0.3) is 0 Å². The molecule has 2 aliphatic heterocycles. The average molecular weight is 203 g/mol. The van der Waals surface area contributed by atoms with Gasteiger partial charge in [-0.1, -0.05) is 0 Å². The fraction of sp³-hybridized carbons (Fsp3) is 0.333. The highest BCUT2D eigenvalue weighted by Gasteiger charge is 2.42. The second-order valence-electron chi connectivity index (χ2n) is 2.62. The topological polar surface area (TPSA) is 75.5 Å². The van der Waals surface area contributed by atoms with Gasteiger partial charge in [-0.05, 0) is 0 Å². The first-order chi connectivity index (χ1) is 6.48. The summed E-state index contributed by atoms with van der Waals surface area (Å²) in [5.74, 6) is -1.31. The molecule has 2 N–H and O–H groups in total. The zero-order chi connectivity index (χ0) is 10.3. The number of hydrogen-bond donors (Lipinski definition) is 1. The van der Waals surface area contributed by atoms with Crippen LogP contribution in [-0.4, -0.2) is 36.1 Å². The van der Waals surface area contributed by atoms with Gasteiger partial charge in [-0.3, -0.25) is 0 Å². The van der Waals surface area contributed by atoms with Crippen LogP contribution in [0.25, 0.3) is 0 Å². The third-order valence-electron chi connectivity index (χ3n) is 1.65. The highest BCUT2D eigenvalue weighted by atomic mass is 19.4. The zero-order valence-electron chi connectivity index (χ0n) is 6.65. The monoisotopic (exact) mass is 203 g/mol. The number of fused-ring (bicyclic) bond motifs is 1. The minimum absolute atomic E-state index is 0.0296. The standard InChI is InChI=1S/C6H4F3N5/c7-6(8,9)5-13-2-3(10)11-1-12-4(2)14-5/h1-2H,(H2,10,11,12,13,14). The van der Waals surface area contributed by atoms with Crippen LogP contribution in [-0.2, 0) is 0 Å². The summed E-state index contributed by atoms with van der Waals surface area (Å²) in [7, 11) is 0. The summed E-state index contributed by atoms with van der Waals surface area (Å²) in [6.45, 7) is 0. The van der Waals surface area contributed by atoms with Gasteiger partial charge in [-0.25, -0.2) is 20.0 Å². The lowest BCUT2D eigenvalue weighted by Gasteiger charge is -2.08. The maximum absolute atomic E-state index is 12.2. The van der Waals surface area contributed by atoms with Crippen LogP contribution in [0.1, 0.15) is 0 Å². The van der Waals surface area contributed by atoms with E-state index in [0.717, 1.165) is 6.34 Å². The van der Waals surface area contributed by atoms with Gasteiger partial charge in [0.2, 0.25) is 5.84 Å². The van der Waals surface area contributed by atoms with Gasteiger partial charge in [0, 0.05) is 0 Å². The van der Waals surface area contributed by atoms with Crippen molar-refractivity contribution < 1.29 is 13.2 Å². The SMILES string of the molecule is NC1=NC=NC2=NC(C(F)(F)F)=NC12. The van der Waals surface area contributed by atoms with Crippen LogP contribution in [0.3, 0.4) is 0 Å². The zero-order valence-corrected chi connectivity index (χ0v) is 6.65. The van der Waals surface area contributed by atoms with E-state index in [2.05, 4.69) is 20.0 Å². The first-order valence-corrected chi connectivity index (χ1v) is 3.58. The van der Waals surface area contributed by atoms with Crippen molar-refractivity contribution in [3.05, 3.63) is 0 Å². The highest BCUT2D eigenvalue weighted by molar-refractivity contribution is 6.22. The van der Waals surface area contributed by atoms with Crippen LogP contribution in [0.2, 0.25) is 0 Å². The Kier molecular flexibility index (Phi) is 1.66. The molecule has 0 radical (unpaired) electrons. The molecule has 1 unspecified atom stereocenters. The maximum atomic E-state index is 12.2. The molecule has 1 atom stereocenters. The first kappa shape index (κ1) is 8.85. The minimum atomic E-state index is -4.57. The number of aliphatic imine (C=N–C) groups is 4. The smallest absolute Gasteiger partial charge is 0.385 e. The second-order valence-corrected chi connectivity index (χ2v) is 2.62. The Labute approximate surface area is 76.0 Å². The normalized spacial score (nSPS) is 25.4. The molecule has 0 saturated carbocycles. The molecule has 2 rings (SSSR count). The van der Waals surface area contributed by atoms with E-state index in [1.54, 1.807) is 0 Å². The maximum Gasteiger partial charge on any atom is 0.451 e. The molecule has 5 nitrogen and oxygen atoms in total. The van der Waals surface area contributed by atoms with Gasteiger partial charge in [-0.15, -0.1) is 0 Å². The minimum Gasteiger partial charge on any atom is -0.385 e. The number of nitrogens with two attached hydrogens (primary N) is 1. The largest absolute Gasteiger partial charge is 0.451 e. The summed E-state index contributed by atoms with van der Waals surface area (Å²) >= 11 is 0. The molecule has 0 aromatic heterocycles. The van der Waals surface area contributed by atoms with E-state index in [-0.39, 0.29) is 11.7 Å². The van der Waals surface area contributed by atoms with Crippen molar-refractivity contribution in [2.75, 3.05) is 0 Å². The van der Waals surface area contributed by atoms with E-state index < -0.39 is 18.1 Å². The Balaban J connectivity index is 2.38. The quantitative estimate of drug-likeness (QED) is 0.596. The van der Waals surface area contributed by atoms with Crippen LogP contribution in [0.5, 0.6) is 0 Å². The van der Waals surface area contributed by atoms with Crippen LogP contribution < -0.4 is 5.73 Å². The number of amidine groups is 3. The van der Waals surface area contributed by atoms with Gasteiger partial charge in [-0.2, -0.15) is 13.2 Å². The second kappa shape index (κ2) is 2.63. The van der Waals surface area contributed by atoms with E-state index in [9.17, 15) is 13.2 Å². The van der Waals surface area contributed by atoms with E-state index in [0.29, 0.717) is 0 Å². The first-order valence-electron chi connectivity index (χ1n) is 3.58. The third kappa shape index (κ3) is 1.28. The van der Waals surface area contributed by atoms with E-state index >= 15 is 0 Å².